The molecule has 0 unspecified atom stereocenters. The molecule has 0 spiro atoms. The van der Waals surface area contributed by atoms with Crippen molar-refractivity contribution in [3.63, 3.8) is 0 Å². The molecule has 1 N–H and O–H groups in total. The number of hydrogen-bond acceptors (Lipinski definition) is 2. The lowest BCUT2D eigenvalue weighted by Gasteiger charge is -2.09. The van der Waals surface area contributed by atoms with Gasteiger partial charge in [0.25, 0.3) is 0 Å². The Balaban J connectivity index is 1.49. The Kier molecular flexibility index (Phi) is 7.54. The molecule has 0 bridgehead atoms. The van der Waals surface area contributed by atoms with Crippen LogP contribution in [0.25, 0.3) is 10.8 Å². The van der Waals surface area contributed by atoms with E-state index in [1.54, 1.807) is 7.11 Å². The second-order valence-electron chi connectivity index (χ2n) is 7.38. The van der Waals surface area contributed by atoms with Gasteiger partial charge in [-0.05, 0) is 77.8 Å². The fourth-order valence-electron chi connectivity index (χ4n) is 3.68. The predicted octanol–water partition coefficient (Wildman–Crippen LogP) is 6.47. The zero-order valence-electron chi connectivity index (χ0n) is 16.8. The number of halogens is 1. The molecule has 0 saturated carbocycles. The number of aliphatic carboxylic acids is 1. The van der Waals surface area contributed by atoms with Gasteiger partial charge in [0.2, 0.25) is 0 Å². The van der Waals surface area contributed by atoms with E-state index >= 15 is 0 Å². The number of hydrogen-bond donors (Lipinski definition) is 1. The van der Waals surface area contributed by atoms with Crippen LogP contribution in [0.2, 0.25) is 5.02 Å². The molecule has 3 nitrogen and oxygen atoms in total. The van der Waals surface area contributed by atoms with Gasteiger partial charge in [-0.15, -0.1) is 0 Å². The summed E-state index contributed by atoms with van der Waals surface area (Å²) in [5.41, 5.74) is 3.50. The Bertz CT molecular complexity index is 981. The van der Waals surface area contributed by atoms with E-state index < -0.39 is 5.97 Å². The Morgan fingerprint density at radius 1 is 0.931 bits per heavy atom. The number of benzene rings is 3. The van der Waals surface area contributed by atoms with Crippen LogP contribution in [0.1, 0.15) is 42.4 Å². The highest BCUT2D eigenvalue weighted by molar-refractivity contribution is 6.31. The van der Waals surface area contributed by atoms with Crippen molar-refractivity contribution in [3.05, 3.63) is 76.3 Å². The molecule has 152 valence electrons. The number of fused-ring (bicyclic) bond motifs is 1. The highest BCUT2D eigenvalue weighted by atomic mass is 35.5. The first-order valence-corrected chi connectivity index (χ1v) is 10.5. The maximum atomic E-state index is 10.7. The minimum absolute atomic E-state index is 0.136. The minimum Gasteiger partial charge on any atom is -0.497 e. The molecule has 0 amide bonds. The van der Waals surface area contributed by atoms with Crippen LogP contribution < -0.4 is 4.74 Å². The molecule has 0 fully saturated rings. The number of methoxy groups -OCH3 is 1. The first-order valence-electron chi connectivity index (χ1n) is 10.1. The number of unbranched alkanes of at least 4 members (excludes halogenated alkanes) is 2. The molecule has 0 saturated heterocycles. The summed E-state index contributed by atoms with van der Waals surface area (Å²) in [5, 5.41) is 12.1. The molecule has 0 aliphatic heterocycles. The van der Waals surface area contributed by atoms with Crippen molar-refractivity contribution in [1.82, 2.24) is 0 Å². The third-order valence-corrected chi connectivity index (χ3v) is 5.67. The Morgan fingerprint density at radius 3 is 2.45 bits per heavy atom. The van der Waals surface area contributed by atoms with E-state index in [9.17, 15) is 4.79 Å². The predicted molar refractivity (Wildman–Crippen MR) is 119 cm³/mol. The molecule has 0 heterocycles. The number of ether oxygens (including phenoxy) is 1. The van der Waals surface area contributed by atoms with Gasteiger partial charge in [0, 0.05) is 11.4 Å². The topological polar surface area (TPSA) is 46.5 Å². The van der Waals surface area contributed by atoms with E-state index in [1.165, 1.54) is 16.3 Å². The lowest BCUT2D eigenvalue weighted by molar-refractivity contribution is -0.136. The fourth-order valence-corrected chi connectivity index (χ4v) is 3.98. The third kappa shape index (κ3) is 5.98. The van der Waals surface area contributed by atoms with Gasteiger partial charge in [-0.3, -0.25) is 4.79 Å². The molecular formula is C25H27ClO3. The molecule has 0 aliphatic rings. The lowest BCUT2D eigenvalue weighted by atomic mass is 9.98. The molecule has 0 aliphatic carbocycles. The summed E-state index contributed by atoms with van der Waals surface area (Å²) in [7, 11) is 1.70. The maximum absolute atomic E-state index is 10.7. The van der Waals surface area contributed by atoms with E-state index in [-0.39, 0.29) is 6.42 Å². The van der Waals surface area contributed by atoms with Gasteiger partial charge in [-0.25, -0.2) is 0 Å². The summed E-state index contributed by atoms with van der Waals surface area (Å²) in [6, 6.07) is 18.6. The van der Waals surface area contributed by atoms with E-state index in [4.69, 9.17) is 21.4 Å². The van der Waals surface area contributed by atoms with E-state index in [1.807, 2.05) is 24.3 Å². The maximum Gasteiger partial charge on any atom is 0.303 e. The lowest BCUT2D eigenvalue weighted by Crippen LogP contribution is -1.98. The zero-order valence-corrected chi connectivity index (χ0v) is 17.5. The SMILES string of the molecule is COc1ccc2c(CCCCCc3ccc(CCC(=O)O)cc3Cl)cccc2c1. The standard InChI is InChI=1S/C25H27ClO3/c1-29-22-13-14-23-19(8-5-9-21(23)17-22)6-3-2-4-7-20-12-10-18(16-24(20)26)11-15-25(27)28/h5,8-10,12-14,16-17H,2-4,6-7,11,15H2,1H3,(H,27,28). The van der Waals surface area contributed by atoms with Crippen LogP contribution in [-0.4, -0.2) is 18.2 Å². The highest BCUT2D eigenvalue weighted by Gasteiger charge is 2.06. The summed E-state index contributed by atoms with van der Waals surface area (Å²) >= 11 is 6.39. The van der Waals surface area contributed by atoms with Gasteiger partial charge in [0.15, 0.2) is 0 Å². The number of carboxylic acids is 1. The largest absolute Gasteiger partial charge is 0.497 e. The third-order valence-electron chi connectivity index (χ3n) is 5.32. The molecule has 0 radical (unpaired) electrons. The first-order chi connectivity index (χ1) is 14.1. The number of carboxylic acid groups (broad SMARTS) is 1. The van der Waals surface area contributed by atoms with E-state index in [0.717, 1.165) is 54.0 Å². The van der Waals surface area contributed by atoms with Gasteiger partial charge >= 0.3 is 5.97 Å². The van der Waals surface area contributed by atoms with Crippen molar-refractivity contribution in [2.24, 2.45) is 0 Å². The second kappa shape index (κ2) is 10.3. The molecule has 3 rings (SSSR count). The summed E-state index contributed by atoms with van der Waals surface area (Å²) in [5.74, 6) is 0.107. The number of aryl methyl sites for hydroxylation is 3. The van der Waals surface area contributed by atoms with E-state index in [0.29, 0.717) is 6.42 Å². The summed E-state index contributed by atoms with van der Waals surface area (Å²) in [4.78, 5) is 10.7. The van der Waals surface area contributed by atoms with Gasteiger partial charge in [-0.1, -0.05) is 54.4 Å². The van der Waals surface area contributed by atoms with Gasteiger partial charge in [0.05, 0.1) is 7.11 Å². The van der Waals surface area contributed by atoms with Crippen molar-refractivity contribution in [2.45, 2.75) is 44.9 Å². The minimum atomic E-state index is -0.782. The summed E-state index contributed by atoms with van der Waals surface area (Å²) in [6.07, 6.45) is 6.04. The summed E-state index contributed by atoms with van der Waals surface area (Å²) in [6.45, 7) is 0. The van der Waals surface area contributed by atoms with Crippen molar-refractivity contribution < 1.29 is 14.6 Å². The second-order valence-corrected chi connectivity index (χ2v) is 7.79. The number of rotatable bonds is 10. The quantitative estimate of drug-likeness (QED) is 0.389. The van der Waals surface area contributed by atoms with Crippen molar-refractivity contribution in [3.8, 4) is 5.75 Å². The average molecular weight is 411 g/mol. The molecule has 0 atom stereocenters. The highest BCUT2D eigenvalue weighted by Crippen LogP contribution is 2.25. The van der Waals surface area contributed by atoms with Gasteiger partial charge in [0.1, 0.15) is 5.75 Å². The van der Waals surface area contributed by atoms with Crippen LogP contribution in [-0.2, 0) is 24.1 Å². The smallest absolute Gasteiger partial charge is 0.303 e. The average Bonchev–Trinajstić information content (AvgIpc) is 2.72. The van der Waals surface area contributed by atoms with Crippen LogP contribution in [0.4, 0.5) is 0 Å². The fraction of sp³-hybridized carbons (Fsp3) is 0.320. The Labute approximate surface area is 177 Å². The van der Waals surface area contributed by atoms with Crippen molar-refractivity contribution >= 4 is 28.3 Å². The van der Waals surface area contributed by atoms with Crippen molar-refractivity contribution in [1.29, 1.82) is 0 Å². The molecule has 4 heteroatoms. The zero-order chi connectivity index (χ0) is 20.6. The van der Waals surface area contributed by atoms with E-state index in [2.05, 4.69) is 30.3 Å². The molecular weight excluding hydrogens is 384 g/mol. The normalized spacial score (nSPS) is 11.0. The molecule has 3 aromatic rings. The first kappa shape index (κ1) is 21.2. The van der Waals surface area contributed by atoms with Gasteiger partial charge in [-0.2, -0.15) is 0 Å². The van der Waals surface area contributed by atoms with Crippen LogP contribution in [0.5, 0.6) is 5.75 Å². The molecule has 0 aromatic heterocycles. The Morgan fingerprint density at radius 2 is 1.72 bits per heavy atom. The monoisotopic (exact) mass is 410 g/mol. The van der Waals surface area contributed by atoms with Crippen molar-refractivity contribution in [2.75, 3.05) is 7.11 Å². The van der Waals surface area contributed by atoms with Gasteiger partial charge < -0.3 is 9.84 Å². The van der Waals surface area contributed by atoms with Crippen LogP contribution >= 0.6 is 11.6 Å². The van der Waals surface area contributed by atoms with Crippen LogP contribution in [0.3, 0.4) is 0 Å². The van der Waals surface area contributed by atoms with Crippen LogP contribution in [0, 0.1) is 0 Å². The Hall–Kier alpha value is -2.52. The molecule has 3 aromatic carbocycles. The molecule has 29 heavy (non-hydrogen) atoms. The van der Waals surface area contributed by atoms with Crippen LogP contribution in [0.15, 0.2) is 54.6 Å². The number of carbonyl (C=O) groups is 1. The summed E-state index contributed by atoms with van der Waals surface area (Å²) < 4.78 is 5.32.